The quantitative estimate of drug-likeness (QED) is 0.502. The van der Waals surface area contributed by atoms with Gasteiger partial charge in [-0.15, -0.1) is 0 Å². The number of carbonyl (C=O) groups is 2. The maximum Gasteiger partial charge on any atom is 0.241 e. The van der Waals surface area contributed by atoms with Crippen LogP contribution >= 0.6 is 0 Å². The van der Waals surface area contributed by atoms with Crippen molar-refractivity contribution in [1.82, 2.24) is 4.90 Å². The molecule has 2 N–H and O–H groups in total. The molecule has 0 aliphatic carbocycles. The molecule has 1 unspecified atom stereocenters. The van der Waals surface area contributed by atoms with E-state index in [1.165, 1.54) is 7.11 Å². The summed E-state index contributed by atoms with van der Waals surface area (Å²) in [5.74, 6) is 1.76. The molecule has 1 atom stereocenters. The minimum atomic E-state index is -0.553. The lowest BCUT2D eigenvalue weighted by molar-refractivity contribution is -0.122. The molecule has 0 aromatic heterocycles. The molecule has 2 amide bonds. The topological polar surface area (TPSA) is 98.4 Å². The molecule has 0 heterocycles. The summed E-state index contributed by atoms with van der Waals surface area (Å²) in [6.07, 6.45) is 0. The molecule has 2 aromatic carbocycles. The first-order chi connectivity index (χ1) is 15.8. The second-order valence-electron chi connectivity index (χ2n) is 7.23. The summed E-state index contributed by atoms with van der Waals surface area (Å²) in [7, 11) is 4.78. The first-order valence-electron chi connectivity index (χ1n) is 10.8. The number of carbonyl (C=O) groups excluding carboxylic acids is 2. The van der Waals surface area contributed by atoms with Crippen molar-refractivity contribution in [2.45, 2.75) is 26.8 Å². The van der Waals surface area contributed by atoms with E-state index >= 15 is 0 Å². The highest BCUT2D eigenvalue weighted by Crippen LogP contribution is 2.31. The van der Waals surface area contributed by atoms with E-state index in [2.05, 4.69) is 10.6 Å². The molecule has 0 aliphatic heterocycles. The normalized spacial score (nSPS) is 11.5. The summed E-state index contributed by atoms with van der Waals surface area (Å²) in [5.41, 5.74) is 1.16. The number of benzene rings is 2. The minimum absolute atomic E-state index is 0.0255. The first kappa shape index (κ1) is 25.8. The predicted molar refractivity (Wildman–Crippen MR) is 128 cm³/mol. The van der Waals surface area contributed by atoms with Crippen LogP contribution in [0.5, 0.6) is 23.0 Å². The van der Waals surface area contributed by atoms with Gasteiger partial charge in [-0.2, -0.15) is 0 Å². The average molecular weight is 460 g/mol. The fourth-order valence-electron chi connectivity index (χ4n) is 3.05. The fraction of sp³-hybridized carbons (Fsp3) is 0.417. The standard InChI is InChI=1S/C24H33N3O6/c1-7-32-20-12-10-17(14-22(20)33-8-2)25-23(28)15-27(4)16(3)24(29)26-18-9-11-19(30-5)21(13-18)31-6/h9-14,16H,7-8,15H2,1-6H3,(H,25,28)(H,26,29). The van der Waals surface area contributed by atoms with Crippen LogP contribution in [0, 0.1) is 0 Å². The van der Waals surface area contributed by atoms with Gasteiger partial charge < -0.3 is 29.6 Å². The van der Waals surface area contributed by atoms with Crippen molar-refractivity contribution in [3.8, 4) is 23.0 Å². The van der Waals surface area contributed by atoms with Crippen LogP contribution in [0.25, 0.3) is 0 Å². The maximum absolute atomic E-state index is 12.7. The summed E-state index contributed by atoms with van der Waals surface area (Å²) in [4.78, 5) is 26.9. The highest BCUT2D eigenvalue weighted by atomic mass is 16.5. The van der Waals surface area contributed by atoms with Gasteiger partial charge in [0.2, 0.25) is 11.8 Å². The van der Waals surface area contributed by atoms with Gasteiger partial charge in [-0.05, 0) is 52.1 Å². The number of amides is 2. The number of nitrogens with zero attached hydrogens (tertiary/aromatic N) is 1. The predicted octanol–water partition coefficient (Wildman–Crippen LogP) is 3.40. The largest absolute Gasteiger partial charge is 0.493 e. The molecule has 9 nitrogen and oxygen atoms in total. The Bertz CT molecular complexity index is 950. The van der Waals surface area contributed by atoms with Crippen LogP contribution in [0.15, 0.2) is 36.4 Å². The number of ether oxygens (including phenoxy) is 4. The van der Waals surface area contributed by atoms with Crippen molar-refractivity contribution < 1.29 is 28.5 Å². The van der Waals surface area contributed by atoms with E-state index in [-0.39, 0.29) is 18.4 Å². The summed E-state index contributed by atoms with van der Waals surface area (Å²) in [5, 5.41) is 5.67. The van der Waals surface area contributed by atoms with Gasteiger partial charge in [0.1, 0.15) is 0 Å². The molecule has 9 heteroatoms. The number of rotatable bonds is 12. The van der Waals surface area contributed by atoms with Gasteiger partial charge in [0.25, 0.3) is 0 Å². The van der Waals surface area contributed by atoms with Crippen LogP contribution in [-0.4, -0.2) is 63.8 Å². The van der Waals surface area contributed by atoms with Crippen LogP contribution in [0.2, 0.25) is 0 Å². The molecule has 0 bridgehead atoms. The molecular formula is C24H33N3O6. The third kappa shape index (κ3) is 7.28. The Morgan fingerprint density at radius 2 is 1.39 bits per heavy atom. The lowest BCUT2D eigenvalue weighted by Gasteiger charge is -2.23. The number of methoxy groups -OCH3 is 2. The summed E-state index contributed by atoms with van der Waals surface area (Å²) >= 11 is 0. The minimum Gasteiger partial charge on any atom is -0.493 e. The van der Waals surface area contributed by atoms with Gasteiger partial charge in [-0.3, -0.25) is 14.5 Å². The molecule has 2 aromatic rings. The van der Waals surface area contributed by atoms with Gasteiger partial charge in [0.15, 0.2) is 23.0 Å². The highest BCUT2D eigenvalue weighted by Gasteiger charge is 2.21. The molecule has 2 rings (SSSR count). The fourth-order valence-corrected chi connectivity index (χ4v) is 3.05. The Morgan fingerprint density at radius 3 is 2.00 bits per heavy atom. The molecule has 0 saturated heterocycles. The van der Waals surface area contributed by atoms with E-state index in [4.69, 9.17) is 18.9 Å². The van der Waals surface area contributed by atoms with Crippen LogP contribution in [0.1, 0.15) is 20.8 Å². The number of hydrogen-bond donors (Lipinski definition) is 2. The summed E-state index contributed by atoms with van der Waals surface area (Å²) in [6, 6.07) is 9.79. The maximum atomic E-state index is 12.7. The van der Waals surface area contributed by atoms with Crippen molar-refractivity contribution in [2.75, 3.05) is 51.7 Å². The van der Waals surface area contributed by atoms with Gasteiger partial charge in [0.05, 0.1) is 40.0 Å². The third-order valence-corrected chi connectivity index (χ3v) is 4.91. The Kier molecular flexibility index (Phi) is 9.81. The Labute approximate surface area is 195 Å². The van der Waals surface area contributed by atoms with Crippen LogP contribution in [0.3, 0.4) is 0 Å². The van der Waals surface area contributed by atoms with E-state index in [1.807, 2.05) is 13.8 Å². The van der Waals surface area contributed by atoms with E-state index < -0.39 is 6.04 Å². The van der Waals surface area contributed by atoms with Gasteiger partial charge in [-0.25, -0.2) is 0 Å². The Balaban J connectivity index is 1.97. The third-order valence-electron chi connectivity index (χ3n) is 4.91. The van der Waals surface area contributed by atoms with Crippen LogP contribution < -0.4 is 29.6 Å². The summed E-state index contributed by atoms with van der Waals surface area (Å²) in [6.45, 7) is 6.52. The Hall–Kier alpha value is -3.46. The van der Waals surface area contributed by atoms with Crippen molar-refractivity contribution in [3.63, 3.8) is 0 Å². The van der Waals surface area contributed by atoms with Crippen molar-refractivity contribution >= 4 is 23.2 Å². The molecule has 33 heavy (non-hydrogen) atoms. The second-order valence-corrected chi connectivity index (χ2v) is 7.23. The van der Waals surface area contributed by atoms with E-state index in [1.54, 1.807) is 62.4 Å². The molecule has 0 fully saturated rings. The van der Waals surface area contributed by atoms with Gasteiger partial charge >= 0.3 is 0 Å². The van der Waals surface area contributed by atoms with Gasteiger partial charge in [-0.1, -0.05) is 0 Å². The monoisotopic (exact) mass is 459 g/mol. The van der Waals surface area contributed by atoms with Crippen molar-refractivity contribution in [2.24, 2.45) is 0 Å². The van der Waals surface area contributed by atoms with Crippen LogP contribution in [-0.2, 0) is 9.59 Å². The Morgan fingerprint density at radius 1 is 0.848 bits per heavy atom. The zero-order valence-corrected chi connectivity index (χ0v) is 20.1. The van der Waals surface area contributed by atoms with E-state index in [0.717, 1.165) is 0 Å². The number of nitrogens with one attached hydrogen (secondary N) is 2. The van der Waals surface area contributed by atoms with Crippen molar-refractivity contribution in [1.29, 1.82) is 0 Å². The van der Waals surface area contributed by atoms with Crippen molar-refractivity contribution in [3.05, 3.63) is 36.4 Å². The number of likely N-dealkylation sites (N-methyl/N-ethyl adjacent to an activating group) is 1. The molecule has 0 spiro atoms. The molecule has 0 radical (unpaired) electrons. The lowest BCUT2D eigenvalue weighted by atomic mass is 10.2. The zero-order chi connectivity index (χ0) is 24.4. The number of anilines is 2. The first-order valence-corrected chi connectivity index (χ1v) is 10.8. The van der Waals surface area contributed by atoms with Gasteiger partial charge in [0, 0.05) is 23.5 Å². The zero-order valence-electron chi connectivity index (χ0n) is 20.1. The SMILES string of the molecule is CCOc1ccc(NC(=O)CN(C)C(C)C(=O)Nc2ccc(OC)c(OC)c2)cc1OCC. The lowest BCUT2D eigenvalue weighted by Crippen LogP contribution is -2.43. The molecule has 180 valence electrons. The average Bonchev–Trinajstić information content (AvgIpc) is 2.80. The second kappa shape index (κ2) is 12.5. The summed E-state index contributed by atoms with van der Waals surface area (Å²) < 4.78 is 21.6. The molecular weight excluding hydrogens is 426 g/mol. The molecule has 0 saturated carbocycles. The molecule has 0 aliphatic rings. The van der Waals surface area contributed by atoms with Crippen LogP contribution in [0.4, 0.5) is 11.4 Å². The van der Waals surface area contributed by atoms with E-state index in [0.29, 0.717) is 47.6 Å². The number of hydrogen-bond acceptors (Lipinski definition) is 7. The smallest absolute Gasteiger partial charge is 0.241 e. The van der Waals surface area contributed by atoms with E-state index in [9.17, 15) is 9.59 Å². The highest BCUT2D eigenvalue weighted by molar-refractivity contribution is 5.96.